The molecular weight excluding hydrogens is 412 g/mol. The minimum Gasteiger partial charge on any atom is -0.413 e. The summed E-state index contributed by atoms with van der Waals surface area (Å²) in [6, 6.07) is 10.3. The van der Waals surface area contributed by atoms with Gasteiger partial charge in [0.1, 0.15) is 5.82 Å². The summed E-state index contributed by atoms with van der Waals surface area (Å²) >= 11 is 0. The molecule has 0 aliphatic carbocycles. The van der Waals surface area contributed by atoms with Crippen LogP contribution in [-0.4, -0.2) is 26.4 Å². The lowest BCUT2D eigenvalue weighted by Crippen LogP contribution is -2.40. The molecule has 2 aromatic rings. The van der Waals surface area contributed by atoms with E-state index in [1.54, 1.807) is 36.5 Å². The van der Waals surface area contributed by atoms with Crippen molar-refractivity contribution in [1.29, 1.82) is 0 Å². The molecule has 1 aliphatic rings. The van der Waals surface area contributed by atoms with Gasteiger partial charge in [0.25, 0.3) is 5.92 Å². The van der Waals surface area contributed by atoms with E-state index < -0.39 is 20.2 Å². The van der Waals surface area contributed by atoms with E-state index in [-0.39, 0.29) is 10.6 Å². The highest BCUT2D eigenvalue weighted by atomic mass is 28.4. The normalized spacial score (nSPS) is 16.5. The molecule has 7 heteroatoms. The van der Waals surface area contributed by atoms with Crippen LogP contribution in [0.5, 0.6) is 0 Å². The number of aromatic nitrogens is 1. The molecular formula is C24H35F2N3OSi. The van der Waals surface area contributed by atoms with Crippen molar-refractivity contribution in [2.45, 2.75) is 64.3 Å². The molecule has 1 aromatic heterocycles. The minimum absolute atomic E-state index is 0.0937. The van der Waals surface area contributed by atoms with Crippen LogP contribution >= 0.6 is 0 Å². The first-order valence-corrected chi connectivity index (χ1v) is 13.9. The quantitative estimate of drug-likeness (QED) is 0.536. The number of nitrogen functional groups attached to an aromatic ring is 1. The highest BCUT2D eigenvalue weighted by Gasteiger charge is 2.42. The lowest BCUT2D eigenvalue weighted by atomic mass is 9.86. The van der Waals surface area contributed by atoms with Crippen molar-refractivity contribution in [3.05, 3.63) is 53.7 Å². The summed E-state index contributed by atoms with van der Waals surface area (Å²) in [5.74, 6) is -3.05. The van der Waals surface area contributed by atoms with Gasteiger partial charge in [-0.3, -0.25) is 0 Å². The Hall–Kier alpha value is -1.99. The molecule has 1 fully saturated rings. The van der Waals surface area contributed by atoms with Crippen LogP contribution in [0.1, 0.15) is 44.7 Å². The Kier molecular flexibility index (Phi) is 6.77. The van der Waals surface area contributed by atoms with Gasteiger partial charge in [0.2, 0.25) is 0 Å². The Morgan fingerprint density at radius 3 is 2.19 bits per heavy atom. The van der Waals surface area contributed by atoms with E-state index in [1.165, 1.54) is 0 Å². The van der Waals surface area contributed by atoms with Crippen LogP contribution in [0.25, 0.3) is 0 Å². The largest absolute Gasteiger partial charge is 0.413 e. The van der Waals surface area contributed by atoms with E-state index in [0.29, 0.717) is 38.4 Å². The molecule has 2 heterocycles. The van der Waals surface area contributed by atoms with Crippen molar-refractivity contribution < 1.29 is 13.2 Å². The summed E-state index contributed by atoms with van der Waals surface area (Å²) in [6.45, 7) is 12.6. The Morgan fingerprint density at radius 1 is 1.06 bits per heavy atom. The monoisotopic (exact) mass is 447 g/mol. The van der Waals surface area contributed by atoms with Crippen molar-refractivity contribution in [1.82, 2.24) is 4.98 Å². The molecule has 0 radical (unpaired) electrons. The number of nitrogens with two attached hydrogens (primary N) is 1. The van der Waals surface area contributed by atoms with Crippen LogP contribution < -0.4 is 10.6 Å². The van der Waals surface area contributed by atoms with Gasteiger partial charge in [-0.15, -0.1) is 0 Å². The Balaban J connectivity index is 1.60. The first-order chi connectivity index (χ1) is 14.4. The zero-order valence-corrected chi connectivity index (χ0v) is 20.3. The molecule has 170 valence electrons. The summed E-state index contributed by atoms with van der Waals surface area (Å²) in [7, 11) is -1.87. The molecule has 1 aromatic carbocycles. The van der Waals surface area contributed by atoms with Crippen LogP contribution in [0.15, 0.2) is 42.6 Å². The fraction of sp³-hybridized carbons (Fsp3) is 0.542. The van der Waals surface area contributed by atoms with E-state index >= 15 is 8.78 Å². The fourth-order valence-electron chi connectivity index (χ4n) is 3.62. The average Bonchev–Trinajstić information content (AvgIpc) is 2.72. The molecule has 1 saturated heterocycles. The number of hydrogen-bond acceptors (Lipinski definition) is 4. The van der Waals surface area contributed by atoms with Crippen LogP contribution in [0, 0.1) is 5.92 Å². The van der Waals surface area contributed by atoms with Crippen molar-refractivity contribution in [3.63, 3.8) is 0 Å². The molecule has 0 amide bonds. The molecule has 1 aliphatic heterocycles. The van der Waals surface area contributed by atoms with Crippen molar-refractivity contribution in [2.24, 2.45) is 5.92 Å². The van der Waals surface area contributed by atoms with Gasteiger partial charge in [-0.25, -0.2) is 13.8 Å². The van der Waals surface area contributed by atoms with Gasteiger partial charge >= 0.3 is 0 Å². The smallest absolute Gasteiger partial charge is 0.276 e. The maximum Gasteiger partial charge on any atom is 0.276 e. The molecule has 0 unspecified atom stereocenters. The summed E-state index contributed by atoms with van der Waals surface area (Å²) in [5.41, 5.74) is 7.60. The molecule has 31 heavy (non-hydrogen) atoms. The number of rotatable bonds is 6. The van der Waals surface area contributed by atoms with Crippen LogP contribution in [0.4, 0.5) is 20.3 Å². The number of nitrogens with zero attached hydrogens (tertiary/aromatic N) is 2. The van der Waals surface area contributed by atoms with E-state index in [1.807, 2.05) is 6.07 Å². The second-order valence-electron chi connectivity index (χ2n) is 10.1. The average molecular weight is 448 g/mol. The predicted molar refractivity (Wildman–Crippen MR) is 126 cm³/mol. The van der Waals surface area contributed by atoms with Crippen molar-refractivity contribution in [2.75, 3.05) is 23.7 Å². The van der Waals surface area contributed by atoms with Gasteiger partial charge in [0.15, 0.2) is 8.32 Å². The molecule has 0 spiro atoms. The third-order valence-corrected chi connectivity index (χ3v) is 11.4. The zero-order chi connectivity index (χ0) is 22.9. The maximum absolute atomic E-state index is 15.2. The minimum atomic E-state index is -2.84. The van der Waals surface area contributed by atoms with Gasteiger partial charge in [-0.05, 0) is 48.7 Å². The van der Waals surface area contributed by atoms with Crippen LogP contribution in [-0.2, 0) is 17.0 Å². The number of benzene rings is 1. The van der Waals surface area contributed by atoms with Crippen LogP contribution in [0.3, 0.4) is 0 Å². The molecule has 3 rings (SSSR count). The molecule has 0 atom stereocenters. The molecule has 4 nitrogen and oxygen atoms in total. The van der Waals surface area contributed by atoms with Gasteiger partial charge in [-0.1, -0.05) is 45.0 Å². The number of alkyl halides is 2. The number of halogens is 2. The van der Waals surface area contributed by atoms with Gasteiger partial charge in [-0.2, -0.15) is 0 Å². The summed E-state index contributed by atoms with van der Waals surface area (Å²) < 4.78 is 36.6. The Labute approximate surface area is 185 Å². The van der Waals surface area contributed by atoms with Gasteiger partial charge in [0, 0.05) is 24.6 Å². The summed E-state index contributed by atoms with van der Waals surface area (Å²) in [4.78, 5) is 6.20. The first kappa shape index (κ1) is 23.7. The maximum atomic E-state index is 15.2. The van der Waals surface area contributed by atoms with E-state index in [9.17, 15) is 0 Å². The number of pyridine rings is 1. The first-order valence-electron chi connectivity index (χ1n) is 11.0. The number of piperidine rings is 1. The van der Waals surface area contributed by atoms with Gasteiger partial charge < -0.3 is 15.1 Å². The van der Waals surface area contributed by atoms with Crippen LogP contribution in [0.2, 0.25) is 18.1 Å². The molecule has 0 saturated carbocycles. The SMILES string of the molecule is CC(C)(C)[Si](C)(C)OCc1ccc(C(F)(F)C2CCN(c3ccc(N)nc3)CC2)cc1. The summed E-state index contributed by atoms with van der Waals surface area (Å²) in [6.07, 6.45) is 2.58. The Bertz CT molecular complexity index is 856. The third-order valence-electron chi connectivity index (χ3n) is 6.89. The second kappa shape index (κ2) is 8.86. The summed E-state index contributed by atoms with van der Waals surface area (Å²) in [5, 5.41) is 0.122. The molecule has 2 N–H and O–H groups in total. The molecule has 0 bridgehead atoms. The van der Waals surface area contributed by atoms with E-state index in [4.69, 9.17) is 10.2 Å². The van der Waals surface area contributed by atoms with E-state index in [0.717, 1.165) is 11.3 Å². The van der Waals surface area contributed by atoms with Crippen molar-refractivity contribution >= 4 is 19.8 Å². The zero-order valence-electron chi connectivity index (χ0n) is 19.3. The predicted octanol–water partition coefficient (Wildman–Crippen LogP) is 6.19. The van der Waals surface area contributed by atoms with Crippen molar-refractivity contribution in [3.8, 4) is 0 Å². The lowest BCUT2D eigenvalue weighted by Gasteiger charge is -2.37. The highest BCUT2D eigenvalue weighted by molar-refractivity contribution is 6.74. The fourth-order valence-corrected chi connectivity index (χ4v) is 4.58. The standard InChI is InChI=1S/C24H35F2N3OSi/c1-23(2,3)31(4,5)30-17-18-6-8-19(9-7-18)24(25,26)20-12-14-29(15-13-20)21-10-11-22(27)28-16-21/h6-11,16,20H,12-15,17H2,1-5H3,(H2,27,28). The third kappa shape index (κ3) is 5.44. The topological polar surface area (TPSA) is 51.4 Å². The Morgan fingerprint density at radius 2 is 1.68 bits per heavy atom. The number of hydrogen-bond donors (Lipinski definition) is 1. The van der Waals surface area contributed by atoms with Gasteiger partial charge in [0.05, 0.1) is 18.5 Å². The number of anilines is 2. The van der Waals surface area contributed by atoms with E-state index in [2.05, 4.69) is 43.7 Å². The second-order valence-corrected chi connectivity index (χ2v) is 14.9. The lowest BCUT2D eigenvalue weighted by molar-refractivity contribution is -0.0734. The highest BCUT2D eigenvalue weighted by Crippen LogP contribution is 2.42.